The van der Waals surface area contributed by atoms with Gasteiger partial charge in [-0.15, -0.1) is 0 Å². The van der Waals surface area contributed by atoms with Gasteiger partial charge in [0.25, 0.3) is 0 Å². The molecule has 1 atom stereocenters. The molecule has 2 aromatic rings. The van der Waals surface area contributed by atoms with Crippen molar-refractivity contribution in [3.8, 4) is 0 Å². The molecule has 1 aromatic heterocycles. The summed E-state index contributed by atoms with van der Waals surface area (Å²) >= 11 is 0. The second-order valence-electron chi connectivity index (χ2n) is 3.91. The number of halogens is 2. The summed E-state index contributed by atoms with van der Waals surface area (Å²) in [6.45, 7) is 1.51. The summed E-state index contributed by atoms with van der Waals surface area (Å²) < 4.78 is 58.0. The van der Waals surface area contributed by atoms with Crippen LogP contribution in [0.4, 0.5) is 8.78 Å². The van der Waals surface area contributed by atoms with Crippen LogP contribution in [0.15, 0.2) is 45.9 Å². The fourth-order valence-corrected chi connectivity index (χ4v) is 2.98. The molecule has 0 saturated carbocycles. The van der Waals surface area contributed by atoms with Crippen LogP contribution in [0.25, 0.3) is 0 Å². The number of hydrogen-bond donors (Lipinski definition) is 1. The molecule has 0 aliphatic heterocycles. The van der Waals surface area contributed by atoms with E-state index in [2.05, 4.69) is 4.72 Å². The summed E-state index contributed by atoms with van der Waals surface area (Å²) in [7, 11) is -4.31. The molecule has 1 heterocycles. The van der Waals surface area contributed by atoms with E-state index in [9.17, 15) is 17.2 Å². The topological polar surface area (TPSA) is 59.3 Å². The Balaban J connectivity index is 2.33. The van der Waals surface area contributed by atoms with Gasteiger partial charge in [0.05, 0.1) is 12.3 Å². The first-order valence-electron chi connectivity index (χ1n) is 5.41. The first-order valence-corrected chi connectivity index (χ1v) is 6.90. The Kier molecular flexibility index (Phi) is 3.68. The van der Waals surface area contributed by atoms with Gasteiger partial charge < -0.3 is 4.42 Å². The van der Waals surface area contributed by atoms with Crippen molar-refractivity contribution in [1.29, 1.82) is 0 Å². The fourth-order valence-electron chi connectivity index (χ4n) is 1.63. The molecule has 19 heavy (non-hydrogen) atoms. The minimum Gasteiger partial charge on any atom is -0.468 e. The summed E-state index contributed by atoms with van der Waals surface area (Å²) in [5.41, 5.74) is 0. The van der Waals surface area contributed by atoms with Gasteiger partial charge in [-0.3, -0.25) is 0 Å². The lowest BCUT2D eigenvalue weighted by molar-refractivity contribution is 0.455. The van der Waals surface area contributed by atoms with Gasteiger partial charge in [0.15, 0.2) is 4.90 Å². The van der Waals surface area contributed by atoms with E-state index in [1.165, 1.54) is 13.2 Å². The molecule has 0 aliphatic carbocycles. The zero-order valence-electron chi connectivity index (χ0n) is 9.93. The maximum atomic E-state index is 13.5. The SMILES string of the molecule is CC(NS(=O)(=O)c1c(F)cccc1F)c1ccco1. The second-order valence-corrected chi connectivity index (χ2v) is 5.56. The van der Waals surface area contributed by atoms with Crippen molar-refractivity contribution in [3.63, 3.8) is 0 Å². The molecule has 2 rings (SSSR count). The van der Waals surface area contributed by atoms with Crippen LogP contribution in [0.1, 0.15) is 18.7 Å². The third kappa shape index (κ3) is 2.82. The summed E-state index contributed by atoms with van der Waals surface area (Å²) in [6.07, 6.45) is 1.38. The van der Waals surface area contributed by atoms with E-state index in [0.717, 1.165) is 18.2 Å². The number of nitrogens with one attached hydrogen (secondary N) is 1. The second kappa shape index (κ2) is 5.10. The molecular formula is C12H11F2NO3S. The fraction of sp³-hybridized carbons (Fsp3) is 0.167. The summed E-state index contributed by atoms with van der Waals surface area (Å²) in [5, 5.41) is 0. The number of furan rings is 1. The molecule has 0 saturated heterocycles. The van der Waals surface area contributed by atoms with Crippen molar-refractivity contribution in [2.24, 2.45) is 0 Å². The Morgan fingerprint density at radius 1 is 1.16 bits per heavy atom. The smallest absolute Gasteiger partial charge is 0.247 e. The van der Waals surface area contributed by atoms with Gasteiger partial charge in [0.2, 0.25) is 10.0 Å². The minimum absolute atomic E-state index is 0.348. The van der Waals surface area contributed by atoms with E-state index in [-0.39, 0.29) is 0 Å². The van der Waals surface area contributed by atoms with Gasteiger partial charge in [-0.1, -0.05) is 6.07 Å². The van der Waals surface area contributed by atoms with Crippen LogP contribution in [0, 0.1) is 11.6 Å². The lowest BCUT2D eigenvalue weighted by Crippen LogP contribution is -2.28. The molecule has 102 valence electrons. The minimum atomic E-state index is -4.31. The molecule has 7 heteroatoms. The summed E-state index contributed by atoms with van der Waals surface area (Å²) in [6, 6.07) is 5.28. The highest BCUT2D eigenvalue weighted by Gasteiger charge is 2.26. The van der Waals surface area contributed by atoms with Crippen LogP contribution in [0.2, 0.25) is 0 Å². The monoisotopic (exact) mass is 287 g/mol. The predicted molar refractivity (Wildman–Crippen MR) is 63.8 cm³/mol. The first-order chi connectivity index (χ1) is 8.92. The molecule has 0 fully saturated rings. The van der Waals surface area contributed by atoms with E-state index >= 15 is 0 Å². The highest BCUT2D eigenvalue weighted by Crippen LogP contribution is 2.21. The first kappa shape index (κ1) is 13.7. The van der Waals surface area contributed by atoms with Crippen LogP contribution in [-0.4, -0.2) is 8.42 Å². The Bertz CT molecular complexity index is 648. The third-order valence-electron chi connectivity index (χ3n) is 2.49. The highest BCUT2D eigenvalue weighted by atomic mass is 32.2. The van der Waals surface area contributed by atoms with Crippen molar-refractivity contribution in [1.82, 2.24) is 4.72 Å². The van der Waals surface area contributed by atoms with E-state index in [1.54, 1.807) is 12.1 Å². The van der Waals surface area contributed by atoms with Gasteiger partial charge in [0, 0.05) is 0 Å². The summed E-state index contributed by atoms with van der Waals surface area (Å²) in [5.74, 6) is -1.93. The lowest BCUT2D eigenvalue weighted by Gasteiger charge is -2.13. The number of benzene rings is 1. The maximum Gasteiger partial charge on any atom is 0.247 e. The van der Waals surface area contributed by atoms with Gasteiger partial charge in [-0.05, 0) is 31.2 Å². The lowest BCUT2D eigenvalue weighted by atomic mass is 10.3. The molecule has 0 bridgehead atoms. The molecule has 0 radical (unpaired) electrons. The number of rotatable bonds is 4. The van der Waals surface area contributed by atoms with Crippen molar-refractivity contribution in [2.45, 2.75) is 17.9 Å². The van der Waals surface area contributed by atoms with Gasteiger partial charge in [0.1, 0.15) is 17.4 Å². The standard InChI is InChI=1S/C12H11F2NO3S/c1-8(11-6-3-7-18-11)15-19(16,17)12-9(13)4-2-5-10(12)14/h2-8,15H,1H3. The maximum absolute atomic E-state index is 13.5. The molecule has 0 amide bonds. The Labute approximate surface area is 109 Å². The Morgan fingerprint density at radius 2 is 1.79 bits per heavy atom. The summed E-state index contributed by atoms with van der Waals surface area (Å²) in [4.78, 5) is -0.992. The molecule has 1 unspecified atom stereocenters. The highest BCUT2D eigenvalue weighted by molar-refractivity contribution is 7.89. The van der Waals surface area contributed by atoms with Gasteiger partial charge in [-0.2, -0.15) is 0 Å². The van der Waals surface area contributed by atoms with Crippen molar-refractivity contribution < 1.29 is 21.6 Å². The van der Waals surface area contributed by atoms with E-state index in [1.807, 2.05) is 0 Å². The van der Waals surface area contributed by atoms with Crippen LogP contribution in [0.3, 0.4) is 0 Å². The number of hydrogen-bond acceptors (Lipinski definition) is 3. The van der Waals surface area contributed by atoms with Crippen LogP contribution < -0.4 is 4.72 Å². The van der Waals surface area contributed by atoms with Crippen LogP contribution >= 0.6 is 0 Å². The van der Waals surface area contributed by atoms with Gasteiger partial charge in [-0.25, -0.2) is 21.9 Å². The normalized spacial score (nSPS) is 13.4. The zero-order valence-corrected chi connectivity index (χ0v) is 10.7. The van der Waals surface area contributed by atoms with Crippen molar-refractivity contribution >= 4 is 10.0 Å². The molecule has 4 nitrogen and oxygen atoms in total. The van der Waals surface area contributed by atoms with Crippen molar-refractivity contribution in [2.75, 3.05) is 0 Å². The van der Waals surface area contributed by atoms with E-state index in [0.29, 0.717) is 5.76 Å². The average molecular weight is 287 g/mol. The molecule has 1 N–H and O–H groups in total. The predicted octanol–water partition coefficient (Wildman–Crippen LogP) is 2.60. The Hall–Kier alpha value is -1.73. The molecular weight excluding hydrogens is 276 g/mol. The largest absolute Gasteiger partial charge is 0.468 e. The third-order valence-corrected chi connectivity index (χ3v) is 4.08. The number of sulfonamides is 1. The zero-order chi connectivity index (χ0) is 14.0. The Morgan fingerprint density at radius 3 is 2.32 bits per heavy atom. The van der Waals surface area contributed by atoms with E-state index < -0.39 is 32.6 Å². The molecule has 1 aromatic carbocycles. The quantitative estimate of drug-likeness (QED) is 0.940. The van der Waals surface area contributed by atoms with Crippen LogP contribution in [-0.2, 0) is 10.0 Å². The van der Waals surface area contributed by atoms with E-state index in [4.69, 9.17) is 4.42 Å². The van der Waals surface area contributed by atoms with Crippen molar-refractivity contribution in [3.05, 3.63) is 54.0 Å². The molecule has 0 spiro atoms. The van der Waals surface area contributed by atoms with Gasteiger partial charge >= 0.3 is 0 Å². The average Bonchev–Trinajstić information content (AvgIpc) is 2.80. The van der Waals surface area contributed by atoms with Crippen LogP contribution in [0.5, 0.6) is 0 Å². The molecule has 0 aliphatic rings.